The van der Waals surface area contributed by atoms with Gasteiger partial charge in [0.05, 0.1) is 12.2 Å². The van der Waals surface area contributed by atoms with Crippen molar-refractivity contribution in [1.82, 2.24) is 4.90 Å². The van der Waals surface area contributed by atoms with Crippen LogP contribution in [0.2, 0.25) is 0 Å². The maximum atomic E-state index is 13.2. The zero-order valence-corrected chi connectivity index (χ0v) is 18.9. The van der Waals surface area contributed by atoms with E-state index in [1.165, 1.54) is 23.4 Å². The van der Waals surface area contributed by atoms with Gasteiger partial charge >= 0.3 is 0 Å². The first-order valence-corrected chi connectivity index (χ1v) is 11.6. The summed E-state index contributed by atoms with van der Waals surface area (Å²) in [5.74, 6) is 0.224. The molecule has 2 aromatic rings. The fraction of sp³-hybridized carbons (Fsp3) is 0.385. The number of nitrogens with zero attached hydrogens (tertiary/aromatic N) is 2. The van der Waals surface area contributed by atoms with E-state index in [0.29, 0.717) is 36.4 Å². The molecule has 0 atom stereocenters. The van der Waals surface area contributed by atoms with Gasteiger partial charge in [0.1, 0.15) is 11.4 Å². The summed E-state index contributed by atoms with van der Waals surface area (Å²) < 4.78 is 5.66. The van der Waals surface area contributed by atoms with E-state index in [9.17, 15) is 9.59 Å². The van der Waals surface area contributed by atoms with Crippen molar-refractivity contribution in [3.05, 3.63) is 59.8 Å². The van der Waals surface area contributed by atoms with Crippen LogP contribution in [-0.2, 0) is 9.59 Å². The molecule has 0 bridgehead atoms. The second kappa shape index (κ2) is 9.90. The molecule has 168 valence electrons. The molecule has 2 aliphatic rings. The third-order valence-corrected chi connectivity index (χ3v) is 5.84. The monoisotopic (exact) mass is 433 g/mol. The van der Waals surface area contributed by atoms with E-state index in [4.69, 9.17) is 4.74 Å². The van der Waals surface area contributed by atoms with Crippen molar-refractivity contribution >= 4 is 28.8 Å². The van der Waals surface area contributed by atoms with Crippen LogP contribution in [0.4, 0.5) is 11.4 Å². The quantitative estimate of drug-likeness (QED) is 0.582. The van der Waals surface area contributed by atoms with Gasteiger partial charge in [0, 0.05) is 31.0 Å². The Morgan fingerprint density at radius 3 is 2.19 bits per heavy atom. The Kier molecular flexibility index (Phi) is 6.78. The van der Waals surface area contributed by atoms with Crippen LogP contribution in [-0.4, -0.2) is 43.0 Å². The molecule has 0 spiro atoms. The second-order valence-corrected chi connectivity index (χ2v) is 8.25. The first-order chi connectivity index (χ1) is 15.6. The maximum absolute atomic E-state index is 13.2. The summed E-state index contributed by atoms with van der Waals surface area (Å²) in [7, 11) is 0. The maximum Gasteiger partial charge on any atom is 0.278 e. The van der Waals surface area contributed by atoms with Crippen LogP contribution in [0.15, 0.2) is 54.2 Å². The van der Waals surface area contributed by atoms with Gasteiger partial charge in [0.25, 0.3) is 11.8 Å². The first kappa shape index (κ1) is 21.9. The Bertz CT molecular complexity index is 990. The lowest BCUT2D eigenvalue weighted by Crippen LogP contribution is -2.33. The number of hydrogen-bond donors (Lipinski definition) is 1. The van der Waals surface area contributed by atoms with Crippen LogP contribution in [0.25, 0.3) is 5.57 Å². The molecule has 6 heteroatoms. The molecule has 0 unspecified atom stereocenters. The molecule has 0 radical (unpaired) electrons. The van der Waals surface area contributed by atoms with Gasteiger partial charge in [-0.2, -0.15) is 0 Å². The molecule has 1 N–H and O–H groups in total. The molecule has 32 heavy (non-hydrogen) atoms. The van der Waals surface area contributed by atoms with Crippen molar-refractivity contribution in [2.24, 2.45) is 0 Å². The van der Waals surface area contributed by atoms with Crippen molar-refractivity contribution in [2.45, 2.75) is 39.5 Å². The number of amides is 2. The van der Waals surface area contributed by atoms with E-state index in [2.05, 4.69) is 29.3 Å². The molecule has 2 aliphatic heterocycles. The number of anilines is 2. The summed E-state index contributed by atoms with van der Waals surface area (Å²) in [6.45, 7) is 7.22. The second-order valence-electron chi connectivity index (χ2n) is 8.25. The lowest BCUT2D eigenvalue weighted by atomic mass is 10.0. The smallest absolute Gasteiger partial charge is 0.278 e. The highest BCUT2D eigenvalue weighted by molar-refractivity contribution is 6.36. The molecule has 0 saturated carbocycles. The Morgan fingerprint density at radius 2 is 1.56 bits per heavy atom. The van der Waals surface area contributed by atoms with Crippen molar-refractivity contribution in [3.8, 4) is 5.75 Å². The lowest BCUT2D eigenvalue weighted by molar-refractivity contribution is -0.136. The summed E-state index contributed by atoms with van der Waals surface area (Å²) in [6, 6.07) is 15.5. The van der Waals surface area contributed by atoms with E-state index < -0.39 is 0 Å². The van der Waals surface area contributed by atoms with Crippen LogP contribution in [0.5, 0.6) is 5.75 Å². The number of imide groups is 1. The summed E-state index contributed by atoms with van der Waals surface area (Å²) in [4.78, 5) is 30.0. The highest BCUT2D eigenvalue weighted by Crippen LogP contribution is 2.32. The molecule has 4 rings (SSSR count). The van der Waals surface area contributed by atoms with Gasteiger partial charge in [-0.3, -0.25) is 14.5 Å². The van der Waals surface area contributed by atoms with Gasteiger partial charge in [-0.05, 0) is 67.6 Å². The summed E-state index contributed by atoms with van der Waals surface area (Å²) in [6.07, 6.45) is 4.09. The molecule has 6 nitrogen and oxygen atoms in total. The van der Waals surface area contributed by atoms with Gasteiger partial charge < -0.3 is 15.0 Å². The fourth-order valence-electron chi connectivity index (χ4n) is 4.20. The van der Waals surface area contributed by atoms with E-state index in [-0.39, 0.29) is 11.8 Å². The first-order valence-electron chi connectivity index (χ1n) is 11.6. The van der Waals surface area contributed by atoms with E-state index in [1.807, 2.05) is 43.3 Å². The van der Waals surface area contributed by atoms with Gasteiger partial charge in [-0.25, -0.2) is 0 Å². The Hall–Kier alpha value is -3.28. The molecule has 0 aromatic heterocycles. The Balaban J connectivity index is 1.62. The molecule has 1 fully saturated rings. The predicted octanol–water partition coefficient (Wildman–Crippen LogP) is 4.68. The third kappa shape index (κ3) is 4.49. The Morgan fingerprint density at radius 1 is 0.875 bits per heavy atom. The number of hydrogen-bond acceptors (Lipinski definition) is 5. The average Bonchev–Trinajstić information content (AvgIpc) is 3.43. The highest BCUT2D eigenvalue weighted by Gasteiger charge is 2.38. The van der Waals surface area contributed by atoms with Crippen LogP contribution < -0.4 is 15.0 Å². The number of rotatable bonds is 9. The molecule has 1 saturated heterocycles. The largest absolute Gasteiger partial charge is 0.494 e. The van der Waals surface area contributed by atoms with Gasteiger partial charge in [0.15, 0.2) is 0 Å². The van der Waals surface area contributed by atoms with Crippen molar-refractivity contribution in [3.63, 3.8) is 0 Å². The number of carbonyl (C=O) groups excluding carboxylic acids is 2. The zero-order chi connectivity index (χ0) is 22.5. The Labute approximate surface area is 189 Å². The fourth-order valence-corrected chi connectivity index (χ4v) is 4.20. The van der Waals surface area contributed by atoms with Crippen molar-refractivity contribution in [1.29, 1.82) is 0 Å². The van der Waals surface area contributed by atoms with E-state index >= 15 is 0 Å². The summed E-state index contributed by atoms with van der Waals surface area (Å²) >= 11 is 0. The van der Waals surface area contributed by atoms with Crippen LogP contribution in [0.1, 0.15) is 45.1 Å². The number of carbonyl (C=O) groups is 2. The summed E-state index contributed by atoms with van der Waals surface area (Å²) in [5, 5.41) is 3.24. The standard InChI is InChI=1S/C26H31N3O3/c1-3-15-29-25(30)23(19-7-13-22(14-8-19)32-18-4-2)24(26(29)31)27-20-9-11-21(12-10-20)28-16-5-6-17-28/h7-14,27H,3-6,15-18H2,1-2H3. The van der Waals surface area contributed by atoms with Crippen molar-refractivity contribution < 1.29 is 14.3 Å². The summed E-state index contributed by atoms with van der Waals surface area (Å²) in [5.41, 5.74) is 3.44. The normalized spacial score (nSPS) is 16.3. The van der Waals surface area contributed by atoms with Crippen LogP contribution >= 0.6 is 0 Å². The topological polar surface area (TPSA) is 61.9 Å². The minimum atomic E-state index is -0.276. The molecule has 2 heterocycles. The van der Waals surface area contributed by atoms with Gasteiger partial charge in [0.2, 0.25) is 0 Å². The third-order valence-electron chi connectivity index (χ3n) is 5.84. The zero-order valence-electron chi connectivity index (χ0n) is 18.9. The SMILES string of the molecule is CCCOc1ccc(C2=C(Nc3ccc(N4CCCC4)cc3)C(=O)N(CCC)C2=O)cc1. The minimum absolute atomic E-state index is 0.254. The molecular formula is C26H31N3O3. The number of nitrogens with one attached hydrogen (secondary N) is 1. The molecule has 2 aromatic carbocycles. The van der Waals surface area contributed by atoms with Gasteiger partial charge in [-0.15, -0.1) is 0 Å². The molecular weight excluding hydrogens is 402 g/mol. The van der Waals surface area contributed by atoms with E-state index in [0.717, 1.165) is 30.9 Å². The number of ether oxygens (including phenoxy) is 1. The molecule has 0 aliphatic carbocycles. The number of benzene rings is 2. The van der Waals surface area contributed by atoms with Crippen LogP contribution in [0.3, 0.4) is 0 Å². The average molecular weight is 434 g/mol. The van der Waals surface area contributed by atoms with E-state index in [1.54, 1.807) is 0 Å². The van der Waals surface area contributed by atoms with Gasteiger partial charge in [-0.1, -0.05) is 26.0 Å². The van der Waals surface area contributed by atoms with Crippen LogP contribution in [0, 0.1) is 0 Å². The molecule has 2 amide bonds. The van der Waals surface area contributed by atoms with Crippen molar-refractivity contribution in [2.75, 3.05) is 36.5 Å². The predicted molar refractivity (Wildman–Crippen MR) is 128 cm³/mol. The minimum Gasteiger partial charge on any atom is -0.494 e. The highest BCUT2D eigenvalue weighted by atomic mass is 16.5. The lowest BCUT2D eigenvalue weighted by Gasteiger charge is -2.18.